The molecule has 0 unspecified atom stereocenters. The van der Waals surface area contributed by atoms with E-state index in [2.05, 4.69) is 12.2 Å². The average molecular weight is 201 g/mol. The molecule has 0 heterocycles. The van der Waals surface area contributed by atoms with Gasteiger partial charge in [-0.3, -0.25) is 9.59 Å². The van der Waals surface area contributed by atoms with Crippen LogP contribution in [0.4, 0.5) is 0 Å². The summed E-state index contributed by atoms with van der Waals surface area (Å²) in [5, 5.41) is 10.6. The number of carbonyl (C=O) groups is 2. The fraction of sp³-hybridized carbons (Fsp3) is 0.800. The Bertz CT molecular complexity index is 180. The molecule has 0 aliphatic carbocycles. The molecule has 0 aliphatic heterocycles. The molecule has 0 aromatic carbocycles. The number of aliphatic carboxylic acids is 1. The lowest BCUT2D eigenvalue weighted by Crippen LogP contribution is -2.28. The highest BCUT2D eigenvalue weighted by molar-refractivity contribution is 5.80. The van der Waals surface area contributed by atoms with Gasteiger partial charge in [0.25, 0.3) is 0 Å². The minimum atomic E-state index is -0.996. The molecule has 1 amide bonds. The van der Waals surface area contributed by atoms with Crippen LogP contribution in [0.2, 0.25) is 0 Å². The first-order valence-corrected chi connectivity index (χ1v) is 5.15. The van der Waals surface area contributed by atoms with Crippen molar-refractivity contribution >= 4 is 11.9 Å². The Kier molecular flexibility index (Phi) is 7.89. The maximum Gasteiger partial charge on any atom is 0.322 e. The van der Waals surface area contributed by atoms with E-state index in [9.17, 15) is 9.59 Å². The first kappa shape index (κ1) is 12.9. The molecule has 0 fully saturated rings. The van der Waals surface area contributed by atoms with E-state index in [-0.39, 0.29) is 12.5 Å². The lowest BCUT2D eigenvalue weighted by molar-refractivity contribution is -0.137. The van der Waals surface area contributed by atoms with E-state index in [1.807, 2.05) is 0 Å². The second-order valence-corrected chi connectivity index (χ2v) is 3.33. The van der Waals surface area contributed by atoms with Crippen LogP contribution in [0.3, 0.4) is 0 Å². The summed E-state index contributed by atoms with van der Waals surface area (Å²) in [7, 11) is 0. The third kappa shape index (κ3) is 9.03. The predicted molar refractivity (Wildman–Crippen MR) is 54.0 cm³/mol. The van der Waals surface area contributed by atoms with Gasteiger partial charge < -0.3 is 10.4 Å². The van der Waals surface area contributed by atoms with Crippen molar-refractivity contribution in [1.82, 2.24) is 5.32 Å². The Hall–Kier alpha value is -1.06. The van der Waals surface area contributed by atoms with Crippen LogP contribution >= 0.6 is 0 Å². The summed E-state index contributed by atoms with van der Waals surface area (Å²) in [6, 6.07) is 0. The van der Waals surface area contributed by atoms with Gasteiger partial charge in [0.05, 0.1) is 0 Å². The highest BCUT2D eigenvalue weighted by Gasteiger charge is 2.02. The Morgan fingerprint density at radius 3 is 2.36 bits per heavy atom. The Morgan fingerprint density at radius 2 is 1.79 bits per heavy atom. The molecule has 4 heteroatoms. The molecule has 0 rings (SSSR count). The highest BCUT2D eigenvalue weighted by Crippen LogP contribution is 2.04. The van der Waals surface area contributed by atoms with Crippen molar-refractivity contribution in [3.63, 3.8) is 0 Å². The summed E-state index contributed by atoms with van der Waals surface area (Å²) >= 11 is 0. The van der Waals surface area contributed by atoms with Crippen molar-refractivity contribution in [3.8, 4) is 0 Å². The van der Waals surface area contributed by atoms with Crippen molar-refractivity contribution in [2.45, 2.75) is 45.4 Å². The number of carboxylic acids is 1. The largest absolute Gasteiger partial charge is 0.480 e. The molecule has 0 bridgehead atoms. The molecule has 0 saturated heterocycles. The number of hydrogen-bond donors (Lipinski definition) is 2. The van der Waals surface area contributed by atoms with Crippen LogP contribution in [0, 0.1) is 0 Å². The van der Waals surface area contributed by atoms with E-state index in [0.717, 1.165) is 19.3 Å². The lowest BCUT2D eigenvalue weighted by Gasteiger charge is -2.01. The van der Waals surface area contributed by atoms with Crippen LogP contribution in [-0.4, -0.2) is 23.5 Å². The molecular formula is C10H19NO3. The van der Waals surface area contributed by atoms with Gasteiger partial charge in [-0.15, -0.1) is 0 Å². The predicted octanol–water partition coefficient (Wildman–Crippen LogP) is 1.55. The normalized spacial score (nSPS) is 9.79. The van der Waals surface area contributed by atoms with E-state index in [0.29, 0.717) is 6.42 Å². The molecule has 4 nitrogen and oxygen atoms in total. The summed E-state index contributed by atoms with van der Waals surface area (Å²) in [6.07, 6.45) is 5.89. The van der Waals surface area contributed by atoms with Gasteiger partial charge in [-0.2, -0.15) is 0 Å². The van der Waals surface area contributed by atoms with Gasteiger partial charge in [0, 0.05) is 6.42 Å². The third-order valence-electron chi connectivity index (χ3n) is 1.94. The topological polar surface area (TPSA) is 66.4 Å². The molecule has 0 saturated carbocycles. The van der Waals surface area contributed by atoms with Gasteiger partial charge in [0.15, 0.2) is 0 Å². The molecule has 82 valence electrons. The van der Waals surface area contributed by atoms with Crippen LogP contribution in [0.25, 0.3) is 0 Å². The van der Waals surface area contributed by atoms with Crippen LogP contribution in [-0.2, 0) is 9.59 Å². The fourth-order valence-corrected chi connectivity index (χ4v) is 1.15. The van der Waals surface area contributed by atoms with Crippen molar-refractivity contribution in [2.24, 2.45) is 0 Å². The number of amides is 1. The van der Waals surface area contributed by atoms with E-state index < -0.39 is 5.97 Å². The molecule has 0 radical (unpaired) electrons. The van der Waals surface area contributed by atoms with Gasteiger partial charge in [-0.25, -0.2) is 0 Å². The van der Waals surface area contributed by atoms with Gasteiger partial charge in [0.1, 0.15) is 6.54 Å². The van der Waals surface area contributed by atoms with E-state index >= 15 is 0 Å². The van der Waals surface area contributed by atoms with E-state index in [1.54, 1.807) is 0 Å². The van der Waals surface area contributed by atoms with Crippen LogP contribution in [0.5, 0.6) is 0 Å². The summed E-state index contributed by atoms with van der Waals surface area (Å²) in [6.45, 7) is 1.87. The van der Waals surface area contributed by atoms with Gasteiger partial charge in [-0.05, 0) is 6.42 Å². The maximum absolute atomic E-state index is 11.0. The first-order valence-electron chi connectivity index (χ1n) is 5.15. The third-order valence-corrected chi connectivity index (χ3v) is 1.94. The second kappa shape index (κ2) is 8.53. The zero-order valence-electron chi connectivity index (χ0n) is 8.71. The molecular weight excluding hydrogens is 182 g/mol. The highest BCUT2D eigenvalue weighted by atomic mass is 16.4. The molecule has 0 aromatic rings. The van der Waals surface area contributed by atoms with Crippen LogP contribution in [0.15, 0.2) is 0 Å². The quantitative estimate of drug-likeness (QED) is 0.585. The van der Waals surface area contributed by atoms with Crippen LogP contribution < -0.4 is 5.32 Å². The molecule has 0 aromatic heterocycles. The Morgan fingerprint density at radius 1 is 1.14 bits per heavy atom. The lowest BCUT2D eigenvalue weighted by atomic mass is 10.1. The summed E-state index contributed by atoms with van der Waals surface area (Å²) < 4.78 is 0. The minimum Gasteiger partial charge on any atom is -0.480 e. The molecule has 0 aliphatic rings. The zero-order valence-corrected chi connectivity index (χ0v) is 8.71. The maximum atomic E-state index is 11.0. The number of carboxylic acid groups (broad SMARTS) is 1. The molecule has 0 spiro atoms. The Labute approximate surface area is 84.7 Å². The van der Waals surface area contributed by atoms with E-state index in [4.69, 9.17) is 5.11 Å². The standard InChI is InChI=1S/C10H19NO3/c1-2-3-4-5-6-7-9(12)11-8-10(13)14/h2-8H2,1H3,(H,11,12)(H,13,14). The number of hydrogen-bond acceptors (Lipinski definition) is 2. The number of unbranched alkanes of at least 4 members (excludes halogenated alkanes) is 4. The monoisotopic (exact) mass is 201 g/mol. The summed E-state index contributed by atoms with van der Waals surface area (Å²) in [4.78, 5) is 21.1. The molecule has 2 N–H and O–H groups in total. The summed E-state index contributed by atoms with van der Waals surface area (Å²) in [5.41, 5.74) is 0. The van der Waals surface area contributed by atoms with Crippen molar-refractivity contribution in [2.75, 3.05) is 6.54 Å². The smallest absolute Gasteiger partial charge is 0.322 e. The van der Waals surface area contributed by atoms with Gasteiger partial charge in [-0.1, -0.05) is 32.6 Å². The zero-order chi connectivity index (χ0) is 10.8. The SMILES string of the molecule is CCCCCCCC(=O)NCC(=O)O. The van der Waals surface area contributed by atoms with Crippen LogP contribution in [0.1, 0.15) is 45.4 Å². The Balaban J connectivity index is 3.22. The fourth-order valence-electron chi connectivity index (χ4n) is 1.15. The minimum absolute atomic E-state index is 0.163. The second-order valence-electron chi connectivity index (χ2n) is 3.33. The molecule has 0 atom stereocenters. The van der Waals surface area contributed by atoms with Gasteiger partial charge >= 0.3 is 5.97 Å². The number of nitrogens with one attached hydrogen (secondary N) is 1. The van der Waals surface area contributed by atoms with E-state index in [1.165, 1.54) is 12.8 Å². The first-order chi connectivity index (χ1) is 6.66. The number of carbonyl (C=O) groups excluding carboxylic acids is 1. The van der Waals surface area contributed by atoms with Gasteiger partial charge in [0.2, 0.25) is 5.91 Å². The van der Waals surface area contributed by atoms with Crippen molar-refractivity contribution in [3.05, 3.63) is 0 Å². The number of rotatable bonds is 8. The average Bonchev–Trinajstić information content (AvgIpc) is 2.14. The molecule has 14 heavy (non-hydrogen) atoms. The van der Waals surface area contributed by atoms with Crippen molar-refractivity contribution < 1.29 is 14.7 Å². The van der Waals surface area contributed by atoms with Crippen molar-refractivity contribution in [1.29, 1.82) is 0 Å². The summed E-state index contributed by atoms with van der Waals surface area (Å²) in [5.74, 6) is -1.16.